The second kappa shape index (κ2) is 8.37. The van der Waals surface area contributed by atoms with E-state index >= 15 is 0 Å². The molecular formula is C25H19ClFN3OS. The lowest BCUT2D eigenvalue weighted by molar-refractivity contribution is 0.437. The van der Waals surface area contributed by atoms with Gasteiger partial charge in [-0.3, -0.25) is 4.98 Å². The molecule has 0 unspecified atom stereocenters. The number of para-hydroxylation sites is 1. The molecule has 0 bridgehead atoms. The fourth-order valence-corrected chi connectivity index (χ4v) is 4.58. The van der Waals surface area contributed by atoms with Gasteiger partial charge in [-0.25, -0.2) is 4.39 Å². The fraction of sp³-hybridized carbons (Fsp3) is 0.120. The highest BCUT2D eigenvalue weighted by Gasteiger charge is 2.43. The zero-order chi connectivity index (χ0) is 22.2. The average Bonchev–Trinajstić information content (AvgIpc) is 3.41. The second-order valence-electron chi connectivity index (χ2n) is 7.61. The summed E-state index contributed by atoms with van der Waals surface area (Å²) in [6.45, 7) is 2.00. The van der Waals surface area contributed by atoms with Crippen molar-refractivity contribution < 1.29 is 8.81 Å². The van der Waals surface area contributed by atoms with E-state index in [1.54, 1.807) is 29.3 Å². The predicted octanol–water partition coefficient (Wildman–Crippen LogP) is 6.62. The second-order valence-corrected chi connectivity index (χ2v) is 8.43. The van der Waals surface area contributed by atoms with Gasteiger partial charge in [0, 0.05) is 16.8 Å². The zero-order valence-corrected chi connectivity index (χ0v) is 18.7. The minimum absolute atomic E-state index is 0.317. The van der Waals surface area contributed by atoms with Crippen LogP contribution in [0.1, 0.15) is 29.1 Å². The van der Waals surface area contributed by atoms with Crippen molar-refractivity contribution >= 4 is 34.6 Å². The van der Waals surface area contributed by atoms with E-state index in [1.165, 1.54) is 6.07 Å². The van der Waals surface area contributed by atoms with Gasteiger partial charge < -0.3 is 14.6 Å². The molecule has 5 rings (SSSR count). The SMILES string of the molecule is Cc1ccc(Cl)cc1-c1ccc([C@@H]2[C@H](c3ccccn3)NC(=S)N2c2ccccc2F)o1. The van der Waals surface area contributed by atoms with Crippen molar-refractivity contribution in [1.82, 2.24) is 10.3 Å². The number of hydrogen-bond acceptors (Lipinski definition) is 3. The van der Waals surface area contributed by atoms with Crippen LogP contribution in [0.2, 0.25) is 5.02 Å². The summed E-state index contributed by atoms with van der Waals surface area (Å²) in [5.74, 6) is 0.970. The van der Waals surface area contributed by atoms with Gasteiger partial charge in [0.1, 0.15) is 23.4 Å². The maximum Gasteiger partial charge on any atom is 0.174 e. The van der Waals surface area contributed by atoms with E-state index in [9.17, 15) is 4.39 Å². The van der Waals surface area contributed by atoms with E-state index in [1.807, 2.05) is 55.5 Å². The van der Waals surface area contributed by atoms with E-state index in [0.29, 0.717) is 27.3 Å². The third-order valence-electron chi connectivity index (χ3n) is 5.59. The maximum absolute atomic E-state index is 14.8. The van der Waals surface area contributed by atoms with Gasteiger partial charge >= 0.3 is 0 Å². The van der Waals surface area contributed by atoms with Crippen LogP contribution in [0.5, 0.6) is 0 Å². The number of nitrogens with zero attached hydrogens (tertiary/aromatic N) is 2. The molecule has 7 heteroatoms. The monoisotopic (exact) mass is 463 g/mol. The van der Waals surface area contributed by atoms with E-state index in [4.69, 9.17) is 28.2 Å². The van der Waals surface area contributed by atoms with Crippen molar-refractivity contribution in [2.24, 2.45) is 0 Å². The van der Waals surface area contributed by atoms with Gasteiger partial charge in [-0.2, -0.15) is 0 Å². The summed E-state index contributed by atoms with van der Waals surface area (Å²) in [6.07, 6.45) is 1.73. The third kappa shape index (κ3) is 3.66. The quantitative estimate of drug-likeness (QED) is 0.344. The minimum Gasteiger partial charge on any atom is -0.459 e. The number of pyridine rings is 1. The van der Waals surface area contributed by atoms with Crippen LogP contribution in [-0.2, 0) is 0 Å². The fourth-order valence-electron chi connectivity index (χ4n) is 4.07. The molecule has 0 spiro atoms. The molecule has 32 heavy (non-hydrogen) atoms. The van der Waals surface area contributed by atoms with Crippen molar-refractivity contribution in [2.75, 3.05) is 4.90 Å². The van der Waals surface area contributed by atoms with Crippen LogP contribution in [0.4, 0.5) is 10.1 Å². The number of anilines is 1. The number of hydrogen-bond donors (Lipinski definition) is 1. The first-order valence-electron chi connectivity index (χ1n) is 10.1. The van der Waals surface area contributed by atoms with Crippen molar-refractivity contribution in [2.45, 2.75) is 19.0 Å². The molecule has 1 N–H and O–H groups in total. The standard InChI is InChI=1S/C25H19ClFN3OS/c1-15-9-10-16(26)14-17(15)21-11-12-22(31-21)24-23(19-7-4-5-13-28-19)29-25(32)30(24)20-8-3-2-6-18(20)27/h2-14,23-24H,1H3,(H,29,32)/t23-,24+/m0/s1. The highest BCUT2D eigenvalue weighted by molar-refractivity contribution is 7.80. The number of aromatic nitrogens is 1. The molecular weight excluding hydrogens is 445 g/mol. The zero-order valence-electron chi connectivity index (χ0n) is 17.1. The Kier molecular flexibility index (Phi) is 5.41. The predicted molar refractivity (Wildman–Crippen MR) is 128 cm³/mol. The molecule has 1 aliphatic heterocycles. The largest absolute Gasteiger partial charge is 0.459 e. The van der Waals surface area contributed by atoms with Gasteiger partial charge in [-0.15, -0.1) is 0 Å². The summed E-state index contributed by atoms with van der Waals surface area (Å²) in [7, 11) is 0. The van der Waals surface area contributed by atoms with Crippen molar-refractivity contribution in [3.8, 4) is 11.3 Å². The summed E-state index contributed by atoms with van der Waals surface area (Å²) < 4.78 is 21.1. The lowest BCUT2D eigenvalue weighted by Crippen LogP contribution is -2.30. The van der Waals surface area contributed by atoms with E-state index in [2.05, 4.69) is 10.3 Å². The Morgan fingerprint density at radius 1 is 1.06 bits per heavy atom. The number of benzene rings is 2. The van der Waals surface area contributed by atoms with Crippen molar-refractivity contribution in [3.05, 3.63) is 107 Å². The van der Waals surface area contributed by atoms with E-state index < -0.39 is 6.04 Å². The first kappa shape index (κ1) is 20.7. The average molecular weight is 464 g/mol. The van der Waals surface area contributed by atoms with Crippen molar-refractivity contribution in [3.63, 3.8) is 0 Å². The van der Waals surface area contributed by atoms with Crippen LogP contribution >= 0.6 is 23.8 Å². The first-order valence-corrected chi connectivity index (χ1v) is 10.9. The van der Waals surface area contributed by atoms with Crippen LogP contribution in [0.25, 0.3) is 11.3 Å². The van der Waals surface area contributed by atoms with Crippen LogP contribution in [0.15, 0.2) is 83.4 Å². The molecule has 2 atom stereocenters. The minimum atomic E-state index is -0.428. The van der Waals surface area contributed by atoms with Crippen molar-refractivity contribution in [1.29, 1.82) is 0 Å². The highest BCUT2D eigenvalue weighted by Crippen LogP contribution is 2.43. The molecule has 4 nitrogen and oxygen atoms in total. The Hall–Kier alpha value is -3.22. The number of thiocarbonyl (C=S) groups is 1. The summed E-state index contributed by atoms with van der Waals surface area (Å²) in [5, 5.41) is 4.35. The van der Waals surface area contributed by atoms with Gasteiger partial charge in [-0.05, 0) is 73.2 Å². The molecule has 0 saturated carbocycles. The summed E-state index contributed by atoms with van der Waals surface area (Å²) in [4.78, 5) is 6.27. The topological polar surface area (TPSA) is 41.3 Å². The lowest BCUT2D eigenvalue weighted by atomic mass is 10.0. The van der Waals surface area contributed by atoms with Gasteiger partial charge in [0.25, 0.3) is 0 Å². The molecule has 4 aromatic rings. The van der Waals surface area contributed by atoms with Crippen LogP contribution in [-0.4, -0.2) is 10.1 Å². The third-order valence-corrected chi connectivity index (χ3v) is 6.14. The lowest BCUT2D eigenvalue weighted by Gasteiger charge is -2.26. The molecule has 1 saturated heterocycles. The molecule has 0 radical (unpaired) electrons. The molecule has 1 fully saturated rings. The van der Waals surface area contributed by atoms with Gasteiger partial charge in [-0.1, -0.05) is 35.9 Å². The molecule has 160 valence electrons. The number of rotatable bonds is 4. The van der Waals surface area contributed by atoms with Gasteiger partial charge in [0.2, 0.25) is 0 Å². The Balaban J connectivity index is 1.63. The first-order chi connectivity index (χ1) is 15.5. The smallest absolute Gasteiger partial charge is 0.174 e. The van der Waals surface area contributed by atoms with Gasteiger partial charge in [0.15, 0.2) is 5.11 Å². The summed E-state index contributed by atoms with van der Waals surface area (Å²) in [6, 6.07) is 21.0. The molecule has 2 aromatic carbocycles. The number of halogens is 2. The maximum atomic E-state index is 14.8. The summed E-state index contributed by atoms with van der Waals surface area (Å²) >= 11 is 11.9. The molecule has 3 heterocycles. The Bertz CT molecular complexity index is 1290. The van der Waals surface area contributed by atoms with E-state index in [0.717, 1.165) is 16.8 Å². The number of furan rings is 1. The number of aryl methyl sites for hydroxylation is 1. The summed E-state index contributed by atoms with van der Waals surface area (Å²) in [5.41, 5.74) is 3.12. The Morgan fingerprint density at radius 2 is 1.88 bits per heavy atom. The van der Waals surface area contributed by atoms with Gasteiger partial charge in [0.05, 0.1) is 17.4 Å². The molecule has 0 amide bonds. The van der Waals surface area contributed by atoms with Crippen LogP contribution < -0.4 is 10.2 Å². The highest BCUT2D eigenvalue weighted by atomic mass is 35.5. The van der Waals surface area contributed by atoms with Crippen LogP contribution in [0.3, 0.4) is 0 Å². The van der Waals surface area contributed by atoms with E-state index in [-0.39, 0.29) is 11.9 Å². The molecule has 2 aromatic heterocycles. The Labute approximate surface area is 195 Å². The normalized spacial score (nSPS) is 18.1. The Morgan fingerprint density at radius 3 is 2.66 bits per heavy atom. The van der Waals surface area contributed by atoms with Crippen LogP contribution in [0, 0.1) is 12.7 Å². The molecule has 0 aliphatic carbocycles. The number of nitrogens with one attached hydrogen (secondary N) is 1. The molecule has 1 aliphatic rings.